The van der Waals surface area contributed by atoms with E-state index >= 15 is 0 Å². The van der Waals surface area contributed by atoms with Gasteiger partial charge in [0, 0.05) is 13.0 Å². The first-order valence-electron chi connectivity index (χ1n) is 11.2. The number of nitrogens with zero attached hydrogens (tertiary/aromatic N) is 3. The summed E-state index contributed by atoms with van der Waals surface area (Å²) in [6.07, 6.45) is 5.86. The van der Waals surface area contributed by atoms with Crippen molar-refractivity contribution in [2.75, 3.05) is 25.1 Å². The fourth-order valence-corrected chi connectivity index (χ4v) is 4.24. The van der Waals surface area contributed by atoms with Crippen molar-refractivity contribution in [3.8, 4) is 11.5 Å². The number of halogens is 1. The number of nitrogens with one attached hydrogen (secondary N) is 1. The van der Waals surface area contributed by atoms with Crippen molar-refractivity contribution in [3.63, 3.8) is 0 Å². The lowest BCUT2D eigenvalue weighted by Gasteiger charge is -2.25. The number of rotatable bonds is 5. The third kappa shape index (κ3) is 4.89. The average molecular weight is 448 g/mol. The minimum Gasteiger partial charge on any atom is -0.490 e. The van der Waals surface area contributed by atoms with Gasteiger partial charge in [-0.25, -0.2) is 9.37 Å². The molecule has 0 saturated carbocycles. The highest BCUT2D eigenvalue weighted by molar-refractivity contribution is 5.79. The number of hydrogen-bond donors (Lipinski definition) is 1. The van der Waals surface area contributed by atoms with Gasteiger partial charge in [0.05, 0.1) is 49.5 Å². The predicted molar refractivity (Wildman–Crippen MR) is 121 cm³/mol. The van der Waals surface area contributed by atoms with Crippen molar-refractivity contribution >= 4 is 17.4 Å². The maximum Gasteiger partial charge on any atom is 0.227 e. The van der Waals surface area contributed by atoms with Crippen LogP contribution in [0.15, 0.2) is 54.9 Å². The zero-order valence-corrected chi connectivity index (χ0v) is 18.2. The Hall–Kier alpha value is -3.68. The number of carbonyl (C=O) groups excluding carboxylic acids is 1. The normalized spacial score (nSPS) is 17.5. The van der Waals surface area contributed by atoms with Crippen molar-refractivity contribution < 1.29 is 18.7 Å². The molecular formula is C25H25FN4O3. The molecule has 0 bridgehead atoms. The lowest BCUT2D eigenvalue weighted by Crippen LogP contribution is -2.32. The summed E-state index contributed by atoms with van der Waals surface area (Å²) in [6.45, 7) is 1.98. The van der Waals surface area contributed by atoms with Crippen molar-refractivity contribution in [3.05, 3.63) is 71.9 Å². The summed E-state index contributed by atoms with van der Waals surface area (Å²) in [5.41, 5.74) is 2.52. The smallest absolute Gasteiger partial charge is 0.227 e. The molecule has 5 rings (SSSR count). The zero-order valence-electron chi connectivity index (χ0n) is 18.2. The van der Waals surface area contributed by atoms with Gasteiger partial charge in [0.25, 0.3) is 0 Å². The molecule has 2 aliphatic rings. The molecule has 1 aromatic carbocycles. The lowest BCUT2D eigenvalue weighted by molar-refractivity contribution is -0.131. The first-order chi connectivity index (χ1) is 16.2. The van der Waals surface area contributed by atoms with Gasteiger partial charge in [-0.15, -0.1) is 0 Å². The maximum atomic E-state index is 13.1. The third-order valence-electron chi connectivity index (χ3n) is 5.87. The summed E-state index contributed by atoms with van der Waals surface area (Å²) >= 11 is 0. The molecule has 1 N–H and O–H groups in total. The van der Waals surface area contributed by atoms with Crippen molar-refractivity contribution in [1.82, 2.24) is 14.9 Å². The average Bonchev–Trinajstić information content (AvgIpc) is 3.21. The van der Waals surface area contributed by atoms with Crippen LogP contribution in [-0.2, 0) is 11.2 Å². The number of benzene rings is 1. The molecule has 0 spiro atoms. The minimum absolute atomic E-state index is 0.0455. The van der Waals surface area contributed by atoms with Gasteiger partial charge in [-0.05, 0) is 54.8 Å². The number of likely N-dealkylation sites (tertiary alicyclic amines) is 1. The Morgan fingerprint density at radius 3 is 2.70 bits per heavy atom. The van der Waals surface area contributed by atoms with Gasteiger partial charge in [-0.2, -0.15) is 0 Å². The van der Waals surface area contributed by atoms with Gasteiger partial charge in [0.15, 0.2) is 11.5 Å². The number of anilines is 2. The molecule has 4 heterocycles. The van der Waals surface area contributed by atoms with Gasteiger partial charge >= 0.3 is 0 Å². The van der Waals surface area contributed by atoms with Crippen LogP contribution in [-0.4, -0.2) is 40.5 Å². The fourth-order valence-electron chi connectivity index (χ4n) is 4.24. The number of amides is 1. The van der Waals surface area contributed by atoms with E-state index in [1.807, 2.05) is 35.2 Å². The second-order valence-corrected chi connectivity index (χ2v) is 8.21. The van der Waals surface area contributed by atoms with Gasteiger partial charge in [-0.1, -0.05) is 6.07 Å². The molecule has 2 aliphatic heterocycles. The summed E-state index contributed by atoms with van der Waals surface area (Å²) in [5, 5.41) is 3.10. The molecule has 1 atom stereocenters. The summed E-state index contributed by atoms with van der Waals surface area (Å²) in [7, 11) is 0. The van der Waals surface area contributed by atoms with Crippen molar-refractivity contribution in [1.29, 1.82) is 0 Å². The first kappa shape index (κ1) is 21.2. The van der Waals surface area contributed by atoms with Crippen LogP contribution >= 0.6 is 0 Å². The highest BCUT2D eigenvalue weighted by Crippen LogP contribution is 2.34. The largest absolute Gasteiger partial charge is 0.490 e. The van der Waals surface area contributed by atoms with Crippen LogP contribution in [0, 0.1) is 5.82 Å². The van der Waals surface area contributed by atoms with Crippen LogP contribution in [0.1, 0.15) is 36.6 Å². The van der Waals surface area contributed by atoms with Crippen LogP contribution < -0.4 is 14.8 Å². The van der Waals surface area contributed by atoms with Crippen LogP contribution in [0.5, 0.6) is 11.5 Å². The fraction of sp³-hybridized carbons (Fsp3) is 0.320. The van der Waals surface area contributed by atoms with E-state index in [0.717, 1.165) is 54.7 Å². The Morgan fingerprint density at radius 2 is 1.91 bits per heavy atom. The van der Waals surface area contributed by atoms with Gasteiger partial charge in [0.2, 0.25) is 5.91 Å². The summed E-state index contributed by atoms with van der Waals surface area (Å²) in [6, 6.07) is 12.4. The Kier molecular flexibility index (Phi) is 6.06. The summed E-state index contributed by atoms with van der Waals surface area (Å²) in [4.78, 5) is 23.6. The highest BCUT2D eigenvalue weighted by Gasteiger charge is 2.31. The first-order valence-corrected chi connectivity index (χ1v) is 11.2. The van der Waals surface area contributed by atoms with Gasteiger partial charge in [0.1, 0.15) is 11.6 Å². The Balaban J connectivity index is 1.25. The van der Waals surface area contributed by atoms with E-state index in [2.05, 4.69) is 15.3 Å². The van der Waals surface area contributed by atoms with Crippen LogP contribution in [0.3, 0.4) is 0 Å². The van der Waals surface area contributed by atoms with Gasteiger partial charge in [-0.3, -0.25) is 9.78 Å². The number of carbonyl (C=O) groups is 1. The minimum atomic E-state index is -0.383. The SMILES string of the molecule is O=C(Cc1ccc2c(c1)OCCCO2)N1CCCC1c1ccc(Nc2ccc(F)cn2)cn1. The zero-order chi connectivity index (χ0) is 22.6. The molecule has 0 radical (unpaired) electrons. The number of fused-ring (bicyclic) bond motifs is 1. The maximum absolute atomic E-state index is 13.1. The molecule has 1 unspecified atom stereocenters. The summed E-state index contributed by atoms with van der Waals surface area (Å²) < 4.78 is 24.5. The molecule has 0 aliphatic carbocycles. The van der Waals surface area contributed by atoms with E-state index in [0.29, 0.717) is 31.2 Å². The molecule has 8 heteroatoms. The van der Waals surface area contributed by atoms with Crippen LogP contribution in [0.25, 0.3) is 0 Å². The van der Waals surface area contributed by atoms with Crippen LogP contribution in [0.4, 0.5) is 15.9 Å². The summed E-state index contributed by atoms with van der Waals surface area (Å²) in [5.74, 6) is 1.67. The molecule has 2 aromatic heterocycles. The Morgan fingerprint density at radius 1 is 1.03 bits per heavy atom. The Labute approximate surface area is 191 Å². The molecule has 3 aromatic rings. The monoisotopic (exact) mass is 448 g/mol. The topological polar surface area (TPSA) is 76.6 Å². The van der Waals surface area contributed by atoms with E-state index in [4.69, 9.17) is 9.47 Å². The van der Waals surface area contributed by atoms with E-state index in [1.54, 1.807) is 12.3 Å². The lowest BCUT2D eigenvalue weighted by atomic mass is 10.1. The van der Waals surface area contributed by atoms with E-state index in [-0.39, 0.29) is 17.8 Å². The van der Waals surface area contributed by atoms with Crippen molar-refractivity contribution in [2.45, 2.75) is 31.7 Å². The molecule has 170 valence electrons. The molecule has 1 fully saturated rings. The standard InChI is InChI=1S/C25H25FN4O3/c26-18-5-9-24(28-15-18)29-19-6-7-20(27-16-19)21-3-1-10-30(21)25(31)14-17-4-8-22-23(13-17)33-12-2-11-32-22/h4-9,13,15-16,21H,1-3,10-12,14H2,(H,28,29). The number of aromatic nitrogens is 2. The van der Waals surface area contributed by atoms with Gasteiger partial charge < -0.3 is 19.7 Å². The third-order valence-corrected chi connectivity index (χ3v) is 5.87. The van der Waals surface area contributed by atoms with Crippen molar-refractivity contribution in [2.24, 2.45) is 0 Å². The van der Waals surface area contributed by atoms with E-state index in [9.17, 15) is 9.18 Å². The highest BCUT2D eigenvalue weighted by atomic mass is 19.1. The van der Waals surface area contributed by atoms with Crippen LogP contribution in [0.2, 0.25) is 0 Å². The molecular weight excluding hydrogens is 423 g/mol. The molecule has 33 heavy (non-hydrogen) atoms. The molecule has 1 saturated heterocycles. The van der Waals surface area contributed by atoms with E-state index < -0.39 is 0 Å². The molecule has 1 amide bonds. The predicted octanol–water partition coefficient (Wildman–Crippen LogP) is 4.43. The molecule has 7 nitrogen and oxygen atoms in total. The number of ether oxygens (including phenoxy) is 2. The second-order valence-electron chi connectivity index (χ2n) is 8.21. The quantitative estimate of drug-likeness (QED) is 0.623. The van der Waals surface area contributed by atoms with E-state index in [1.165, 1.54) is 6.07 Å². The number of hydrogen-bond acceptors (Lipinski definition) is 6. The number of pyridine rings is 2. The second kappa shape index (κ2) is 9.44. The Bertz CT molecular complexity index is 1120.